The van der Waals surface area contributed by atoms with Gasteiger partial charge in [0.2, 0.25) is 5.95 Å². The number of rotatable bonds is 6. The molecule has 28 heavy (non-hydrogen) atoms. The third-order valence-electron chi connectivity index (χ3n) is 5.32. The van der Waals surface area contributed by atoms with E-state index in [-0.39, 0.29) is 0 Å². The molecule has 2 aromatic carbocycles. The number of nitrogens with zero attached hydrogens (tertiary/aromatic N) is 3. The molecule has 5 heteroatoms. The van der Waals surface area contributed by atoms with Crippen LogP contribution in [0.25, 0.3) is 10.9 Å². The molecule has 0 spiro atoms. The van der Waals surface area contributed by atoms with Gasteiger partial charge in [0.1, 0.15) is 11.6 Å². The molecule has 0 atom stereocenters. The molecule has 3 aromatic rings. The van der Waals surface area contributed by atoms with E-state index in [0.717, 1.165) is 48.5 Å². The van der Waals surface area contributed by atoms with Gasteiger partial charge in [-0.25, -0.2) is 4.98 Å². The second-order valence-corrected chi connectivity index (χ2v) is 7.32. The quantitative estimate of drug-likeness (QED) is 0.677. The Morgan fingerprint density at radius 1 is 0.964 bits per heavy atom. The predicted molar refractivity (Wildman–Crippen MR) is 115 cm³/mol. The smallest absolute Gasteiger partial charge is 0.225 e. The monoisotopic (exact) mass is 376 g/mol. The van der Waals surface area contributed by atoms with Crippen LogP contribution in [0.5, 0.6) is 5.75 Å². The van der Waals surface area contributed by atoms with Crippen molar-refractivity contribution in [2.45, 2.75) is 32.1 Å². The largest absolute Gasteiger partial charge is 0.497 e. The van der Waals surface area contributed by atoms with Gasteiger partial charge in [-0.1, -0.05) is 37.1 Å². The first-order chi connectivity index (χ1) is 13.8. The Morgan fingerprint density at radius 3 is 2.61 bits per heavy atom. The van der Waals surface area contributed by atoms with Crippen molar-refractivity contribution in [2.75, 3.05) is 37.0 Å². The molecule has 0 saturated carbocycles. The van der Waals surface area contributed by atoms with Crippen LogP contribution in [0.1, 0.15) is 31.2 Å². The highest BCUT2D eigenvalue weighted by Gasteiger charge is 2.16. The van der Waals surface area contributed by atoms with Gasteiger partial charge < -0.3 is 15.0 Å². The Morgan fingerprint density at radius 2 is 1.79 bits per heavy atom. The molecule has 1 N–H and O–H groups in total. The maximum Gasteiger partial charge on any atom is 0.225 e. The Balaban J connectivity index is 1.53. The highest BCUT2D eigenvalue weighted by molar-refractivity contribution is 5.90. The van der Waals surface area contributed by atoms with E-state index in [1.807, 2.05) is 18.2 Å². The SMILES string of the molecule is COc1cccc(CCNc2nc(N3CCCCCC3)c3ccccc3n2)c1. The van der Waals surface area contributed by atoms with Crippen LogP contribution in [0.3, 0.4) is 0 Å². The number of ether oxygens (including phenoxy) is 1. The van der Waals surface area contributed by atoms with Crippen LogP contribution in [0.2, 0.25) is 0 Å². The first kappa shape index (κ1) is 18.5. The van der Waals surface area contributed by atoms with E-state index in [4.69, 9.17) is 14.7 Å². The molecule has 146 valence electrons. The second kappa shape index (κ2) is 8.91. The van der Waals surface area contributed by atoms with Crippen LogP contribution in [-0.2, 0) is 6.42 Å². The van der Waals surface area contributed by atoms with Crippen molar-refractivity contribution >= 4 is 22.7 Å². The summed E-state index contributed by atoms with van der Waals surface area (Å²) in [4.78, 5) is 12.1. The van der Waals surface area contributed by atoms with Crippen molar-refractivity contribution in [1.29, 1.82) is 0 Å². The van der Waals surface area contributed by atoms with E-state index in [9.17, 15) is 0 Å². The maximum absolute atomic E-state index is 5.31. The Kier molecular flexibility index (Phi) is 5.90. The molecule has 0 bridgehead atoms. The molecule has 0 radical (unpaired) electrons. The standard InChI is InChI=1S/C23H28N4O/c1-28-19-10-8-9-18(17-19)13-14-24-23-25-21-12-5-4-11-20(21)22(26-23)27-15-6-2-3-7-16-27/h4-5,8-12,17H,2-3,6-7,13-16H2,1H3,(H,24,25,26). The first-order valence-electron chi connectivity index (χ1n) is 10.2. The highest BCUT2D eigenvalue weighted by atomic mass is 16.5. The number of hydrogen-bond acceptors (Lipinski definition) is 5. The predicted octanol–water partition coefficient (Wildman–Crippen LogP) is 4.67. The van der Waals surface area contributed by atoms with Gasteiger partial charge >= 0.3 is 0 Å². The van der Waals surface area contributed by atoms with Crippen molar-refractivity contribution in [3.8, 4) is 5.75 Å². The molecule has 0 aliphatic carbocycles. The van der Waals surface area contributed by atoms with Crippen molar-refractivity contribution in [3.05, 3.63) is 54.1 Å². The van der Waals surface area contributed by atoms with E-state index in [1.165, 1.54) is 31.2 Å². The zero-order valence-corrected chi connectivity index (χ0v) is 16.5. The third kappa shape index (κ3) is 4.35. The van der Waals surface area contributed by atoms with Crippen LogP contribution >= 0.6 is 0 Å². The molecular weight excluding hydrogens is 348 g/mol. The molecule has 0 unspecified atom stereocenters. The van der Waals surface area contributed by atoms with Crippen LogP contribution < -0.4 is 15.0 Å². The molecular formula is C23H28N4O. The second-order valence-electron chi connectivity index (χ2n) is 7.32. The average molecular weight is 377 g/mol. The topological polar surface area (TPSA) is 50.3 Å². The van der Waals surface area contributed by atoms with Crippen molar-refractivity contribution in [3.63, 3.8) is 0 Å². The maximum atomic E-state index is 5.31. The molecule has 1 aliphatic heterocycles. The molecule has 1 aliphatic rings. The van der Waals surface area contributed by atoms with Crippen LogP contribution in [-0.4, -0.2) is 36.7 Å². The number of methoxy groups -OCH3 is 1. The molecule has 1 fully saturated rings. The molecule has 2 heterocycles. The lowest BCUT2D eigenvalue weighted by Gasteiger charge is -2.23. The number of hydrogen-bond donors (Lipinski definition) is 1. The lowest BCUT2D eigenvalue weighted by atomic mass is 10.1. The third-order valence-corrected chi connectivity index (χ3v) is 5.32. The number of fused-ring (bicyclic) bond motifs is 1. The molecule has 4 rings (SSSR count). The number of anilines is 2. The van der Waals surface area contributed by atoms with Gasteiger partial charge in [-0.05, 0) is 49.1 Å². The number of para-hydroxylation sites is 1. The zero-order valence-electron chi connectivity index (χ0n) is 16.5. The zero-order chi connectivity index (χ0) is 19.2. The summed E-state index contributed by atoms with van der Waals surface area (Å²) in [5.41, 5.74) is 2.24. The number of benzene rings is 2. The minimum absolute atomic E-state index is 0.709. The van der Waals surface area contributed by atoms with E-state index in [0.29, 0.717) is 5.95 Å². The summed E-state index contributed by atoms with van der Waals surface area (Å²) < 4.78 is 5.31. The Labute approximate surface area is 166 Å². The summed E-state index contributed by atoms with van der Waals surface area (Å²) in [6.07, 6.45) is 5.98. The van der Waals surface area contributed by atoms with E-state index in [2.05, 4.69) is 40.5 Å². The molecule has 5 nitrogen and oxygen atoms in total. The summed E-state index contributed by atoms with van der Waals surface area (Å²) in [5.74, 6) is 2.67. The fraction of sp³-hybridized carbons (Fsp3) is 0.391. The van der Waals surface area contributed by atoms with Crippen molar-refractivity contribution in [2.24, 2.45) is 0 Å². The Bertz CT molecular complexity index is 919. The van der Waals surface area contributed by atoms with Gasteiger partial charge in [-0.15, -0.1) is 0 Å². The van der Waals surface area contributed by atoms with E-state index < -0.39 is 0 Å². The van der Waals surface area contributed by atoms with Gasteiger partial charge in [-0.2, -0.15) is 4.98 Å². The fourth-order valence-corrected chi connectivity index (χ4v) is 3.81. The van der Waals surface area contributed by atoms with Crippen LogP contribution in [0, 0.1) is 0 Å². The van der Waals surface area contributed by atoms with Gasteiger partial charge in [0.05, 0.1) is 12.6 Å². The summed E-state index contributed by atoms with van der Waals surface area (Å²) in [7, 11) is 1.70. The average Bonchev–Trinajstić information content (AvgIpc) is 3.03. The van der Waals surface area contributed by atoms with Crippen molar-refractivity contribution < 1.29 is 4.74 Å². The van der Waals surface area contributed by atoms with Crippen LogP contribution in [0.4, 0.5) is 11.8 Å². The minimum atomic E-state index is 0.709. The minimum Gasteiger partial charge on any atom is -0.497 e. The summed E-state index contributed by atoms with van der Waals surface area (Å²) in [6.45, 7) is 2.93. The Hall–Kier alpha value is -2.82. The van der Waals surface area contributed by atoms with Gasteiger partial charge in [0, 0.05) is 25.0 Å². The van der Waals surface area contributed by atoms with Gasteiger partial charge in [0.15, 0.2) is 0 Å². The fourth-order valence-electron chi connectivity index (χ4n) is 3.81. The number of nitrogens with one attached hydrogen (secondary N) is 1. The molecule has 1 aromatic heterocycles. The summed E-state index contributed by atoms with van der Waals surface area (Å²) in [6, 6.07) is 16.5. The van der Waals surface area contributed by atoms with Gasteiger partial charge in [0.25, 0.3) is 0 Å². The lowest BCUT2D eigenvalue weighted by Crippen LogP contribution is -2.25. The molecule has 0 amide bonds. The molecule has 1 saturated heterocycles. The highest BCUT2D eigenvalue weighted by Crippen LogP contribution is 2.27. The lowest BCUT2D eigenvalue weighted by molar-refractivity contribution is 0.414. The first-order valence-corrected chi connectivity index (χ1v) is 10.2. The van der Waals surface area contributed by atoms with Gasteiger partial charge in [-0.3, -0.25) is 0 Å². The number of aromatic nitrogens is 2. The summed E-state index contributed by atoms with van der Waals surface area (Å²) in [5, 5.41) is 4.57. The van der Waals surface area contributed by atoms with E-state index in [1.54, 1.807) is 7.11 Å². The van der Waals surface area contributed by atoms with Crippen LogP contribution in [0.15, 0.2) is 48.5 Å². The summed E-state index contributed by atoms with van der Waals surface area (Å²) >= 11 is 0. The van der Waals surface area contributed by atoms with Crippen molar-refractivity contribution in [1.82, 2.24) is 9.97 Å². The normalized spacial score (nSPS) is 14.7. The van der Waals surface area contributed by atoms with E-state index >= 15 is 0 Å².